The molecule has 1 heterocycles. The molecular formula is C15H18ClN3O. The lowest BCUT2D eigenvalue weighted by Crippen LogP contribution is -2.36. The summed E-state index contributed by atoms with van der Waals surface area (Å²) in [6, 6.07) is 6.65. The standard InChI is InChI=1S/C15H18ClN3O/c1-9(2)8-12(17)15(20)19-13-6-5-11(16)10-4-3-7-18-14(10)13/h3-7,9,12H,8,17H2,1-2H3,(H,19,20)/t12-/m1/s1. The zero-order chi connectivity index (χ0) is 14.7. The number of nitrogens with one attached hydrogen (secondary N) is 1. The Morgan fingerprint density at radius 3 is 2.85 bits per heavy atom. The minimum Gasteiger partial charge on any atom is -0.323 e. The molecule has 0 radical (unpaired) electrons. The summed E-state index contributed by atoms with van der Waals surface area (Å²) in [7, 11) is 0. The molecule has 3 N–H and O–H groups in total. The summed E-state index contributed by atoms with van der Waals surface area (Å²) >= 11 is 6.12. The predicted octanol–water partition coefficient (Wildman–Crippen LogP) is 3.20. The average molecular weight is 292 g/mol. The SMILES string of the molecule is CC(C)C[C@@H](N)C(=O)Nc1ccc(Cl)c2cccnc12. The quantitative estimate of drug-likeness (QED) is 0.909. The molecule has 20 heavy (non-hydrogen) atoms. The van der Waals surface area contributed by atoms with Gasteiger partial charge >= 0.3 is 0 Å². The average Bonchev–Trinajstić information content (AvgIpc) is 2.41. The fourth-order valence-electron chi connectivity index (χ4n) is 2.08. The molecule has 0 saturated heterocycles. The van der Waals surface area contributed by atoms with E-state index in [1.165, 1.54) is 0 Å². The first-order valence-corrected chi connectivity index (χ1v) is 6.96. The summed E-state index contributed by atoms with van der Waals surface area (Å²) in [6.45, 7) is 4.07. The Labute approximate surface area is 123 Å². The Kier molecular flexibility index (Phi) is 4.57. The van der Waals surface area contributed by atoms with Crippen LogP contribution in [0.3, 0.4) is 0 Å². The van der Waals surface area contributed by atoms with Gasteiger partial charge in [-0.15, -0.1) is 0 Å². The Balaban J connectivity index is 2.26. The number of hydrogen-bond acceptors (Lipinski definition) is 3. The first kappa shape index (κ1) is 14.8. The van der Waals surface area contributed by atoms with Crippen LogP contribution in [0.5, 0.6) is 0 Å². The van der Waals surface area contributed by atoms with Crippen molar-refractivity contribution in [1.82, 2.24) is 4.98 Å². The highest BCUT2D eigenvalue weighted by Crippen LogP contribution is 2.28. The molecule has 5 heteroatoms. The van der Waals surface area contributed by atoms with E-state index in [4.69, 9.17) is 17.3 Å². The van der Waals surface area contributed by atoms with Crippen molar-refractivity contribution in [1.29, 1.82) is 0 Å². The van der Waals surface area contributed by atoms with Crippen molar-refractivity contribution in [3.05, 3.63) is 35.5 Å². The number of carbonyl (C=O) groups is 1. The molecular weight excluding hydrogens is 274 g/mol. The zero-order valence-corrected chi connectivity index (χ0v) is 12.3. The second kappa shape index (κ2) is 6.20. The number of pyridine rings is 1. The van der Waals surface area contributed by atoms with Crippen molar-refractivity contribution in [2.45, 2.75) is 26.3 Å². The maximum absolute atomic E-state index is 12.1. The van der Waals surface area contributed by atoms with Gasteiger partial charge < -0.3 is 11.1 Å². The van der Waals surface area contributed by atoms with Crippen molar-refractivity contribution in [2.24, 2.45) is 11.7 Å². The van der Waals surface area contributed by atoms with Crippen LogP contribution in [0.4, 0.5) is 5.69 Å². The van der Waals surface area contributed by atoms with Crippen molar-refractivity contribution < 1.29 is 4.79 Å². The van der Waals surface area contributed by atoms with Crippen LogP contribution in [0.25, 0.3) is 10.9 Å². The Bertz CT molecular complexity index is 628. The number of nitrogens with zero attached hydrogens (tertiary/aromatic N) is 1. The minimum absolute atomic E-state index is 0.201. The summed E-state index contributed by atoms with van der Waals surface area (Å²) in [4.78, 5) is 16.4. The third kappa shape index (κ3) is 3.26. The number of benzene rings is 1. The number of amides is 1. The van der Waals surface area contributed by atoms with Crippen molar-refractivity contribution in [3.63, 3.8) is 0 Å². The summed E-state index contributed by atoms with van der Waals surface area (Å²) < 4.78 is 0. The van der Waals surface area contributed by atoms with Gasteiger partial charge in [0.05, 0.1) is 22.3 Å². The van der Waals surface area contributed by atoms with Gasteiger partial charge in [-0.1, -0.05) is 25.4 Å². The predicted molar refractivity (Wildman–Crippen MR) is 82.8 cm³/mol. The third-order valence-electron chi connectivity index (χ3n) is 3.04. The van der Waals surface area contributed by atoms with Crippen molar-refractivity contribution in [2.75, 3.05) is 5.32 Å². The van der Waals surface area contributed by atoms with E-state index < -0.39 is 6.04 Å². The van der Waals surface area contributed by atoms with Gasteiger partial charge in [0.2, 0.25) is 5.91 Å². The molecule has 0 spiro atoms. The minimum atomic E-state index is -0.524. The summed E-state index contributed by atoms with van der Waals surface area (Å²) in [5.41, 5.74) is 7.19. The van der Waals surface area contributed by atoms with Crippen LogP contribution in [0.15, 0.2) is 30.5 Å². The van der Waals surface area contributed by atoms with E-state index in [1.807, 2.05) is 26.0 Å². The molecule has 0 fully saturated rings. The van der Waals surface area contributed by atoms with Gasteiger partial charge in [0, 0.05) is 11.6 Å². The van der Waals surface area contributed by atoms with Crippen LogP contribution < -0.4 is 11.1 Å². The Hall–Kier alpha value is -1.65. The van der Waals surface area contributed by atoms with Gasteiger partial charge in [0.1, 0.15) is 0 Å². The monoisotopic (exact) mass is 291 g/mol. The van der Waals surface area contributed by atoms with Crippen LogP contribution in [0.2, 0.25) is 5.02 Å². The van der Waals surface area contributed by atoms with Crippen LogP contribution in [-0.2, 0) is 4.79 Å². The van der Waals surface area contributed by atoms with Gasteiger partial charge in [-0.2, -0.15) is 0 Å². The summed E-state index contributed by atoms with van der Waals surface area (Å²) in [5.74, 6) is 0.170. The molecule has 1 atom stereocenters. The normalized spacial score (nSPS) is 12.7. The molecule has 0 saturated carbocycles. The Morgan fingerprint density at radius 1 is 1.40 bits per heavy atom. The number of carbonyl (C=O) groups excluding carboxylic acids is 1. The van der Waals surface area contributed by atoms with Gasteiger partial charge in [0.15, 0.2) is 0 Å². The van der Waals surface area contributed by atoms with Crippen LogP contribution in [0.1, 0.15) is 20.3 Å². The van der Waals surface area contributed by atoms with Gasteiger partial charge in [0.25, 0.3) is 0 Å². The van der Waals surface area contributed by atoms with E-state index in [1.54, 1.807) is 18.3 Å². The molecule has 2 aromatic rings. The molecule has 0 bridgehead atoms. The van der Waals surface area contributed by atoms with Crippen molar-refractivity contribution >= 4 is 34.1 Å². The number of halogens is 1. The molecule has 0 aliphatic heterocycles. The Morgan fingerprint density at radius 2 is 2.15 bits per heavy atom. The topological polar surface area (TPSA) is 68.0 Å². The maximum Gasteiger partial charge on any atom is 0.241 e. The lowest BCUT2D eigenvalue weighted by Gasteiger charge is -2.15. The molecule has 1 amide bonds. The maximum atomic E-state index is 12.1. The molecule has 1 aromatic carbocycles. The van der Waals surface area contributed by atoms with Crippen LogP contribution in [-0.4, -0.2) is 16.9 Å². The highest BCUT2D eigenvalue weighted by molar-refractivity contribution is 6.35. The van der Waals surface area contributed by atoms with Crippen LogP contribution >= 0.6 is 11.6 Å². The molecule has 0 aliphatic carbocycles. The number of anilines is 1. The lowest BCUT2D eigenvalue weighted by atomic mass is 10.0. The van der Waals surface area contributed by atoms with E-state index in [2.05, 4.69) is 10.3 Å². The van der Waals surface area contributed by atoms with Crippen molar-refractivity contribution in [3.8, 4) is 0 Å². The highest BCUT2D eigenvalue weighted by Gasteiger charge is 2.16. The van der Waals surface area contributed by atoms with Gasteiger partial charge in [-0.25, -0.2) is 0 Å². The molecule has 106 valence electrons. The molecule has 4 nitrogen and oxygen atoms in total. The first-order chi connectivity index (χ1) is 9.49. The number of aromatic nitrogens is 1. The van der Waals surface area contributed by atoms with Crippen LogP contribution in [0, 0.1) is 5.92 Å². The second-order valence-electron chi connectivity index (χ2n) is 5.22. The smallest absolute Gasteiger partial charge is 0.241 e. The number of rotatable bonds is 4. The largest absolute Gasteiger partial charge is 0.323 e. The van der Waals surface area contributed by atoms with E-state index >= 15 is 0 Å². The van der Waals surface area contributed by atoms with E-state index in [0.717, 1.165) is 5.39 Å². The number of nitrogens with two attached hydrogens (primary N) is 1. The highest BCUT2D eigenvalue weighted by atomic mass is 35.5. The fraction of sp³-hybridized carbons (Fsp3) is 0.333. The summed E-state index contributed by atoms with van der Waals surface area (Å²) in [6.07, 6.45) is 2.31. The first-order valence-electron chi connectivity index (χ1n) is 6.58. The second-order valence-corrected chi connectivity index (χ2v) is 5.63. The molecule has 2 rings (SSSR count). The number of fused-ring (bicyclic) bond motifs is 1. The fourth-order valence-corrected chi connectivity index (χ4v) is 2.29. The zero-order valence-electron chi connectivity index (χ0n) is 11.6. The molecule has 1 aromatic heterocycles. The summed E-state index contributed by atoms with van der Waals surface area (Å²) in [5, 5.41) is 4.25. The van der Waals surface area contributed by atoms with Gasteiger partial charge in [-0.05, 0) is 36.6 Å². The van der Waals surface area contributed by atoms with E-state index in [-0.39, 0.29) is 5.91 Å². The molecule has 0 aliphatic rings. The third-order valence-corrected chi connectivity index (χ3v) is 3.37. The number of hydrogen-bond donors (Lipinski definition) is 2. The van der Waals surface area contributed by atoms with Gasteiger partial charge in [-0.3, -0.25) is 9.78 Å². The van der Waals surface area contributed by atoms with E-state index in [9.17, 15) is 4.79 Å². The van der Waals surface area contributed by atoms with E-state index in [0.29, 0.717) is 28.6 Å². The lowest BCUT2D eigenvalue weighted by molar-refractivity contribution is -0.117. The molecule has 0 unspecified atom stereocenters.